The molecule has 0 spiro atoms. The zero-order chi connectivity index (χ0) is 9.42. The second-order valence-electron chi connectivity index (χ2n) is 3.49. The molecule has 0 atom stereocenters. The van der Waals surface area contributed by atoms with Crippen molar-refractivity contribution in [2.45, 2.75) is 12.8 Å². The van der Waals surface area contributed by atoms with Crippen molar-refractivity contribution in [3.05, 3.63) is 33.3 Å². The average molecular weight is 217 g/mol. The zero-order valence-corrected chi connectivity index (χ0v) is 8.57. The fraction of sp³-hybridized carbons (Fsp3) is 0.400. The second-order valence-corrected chi connectivity index (χ2v) is 4.31. The van der Waals surface area contributed by atoms with E-state index in [1.807, 2.05) is 12.1 Å². The molecule has 1 aliphatic rings. The predicted octanol–water partition coefficient (Wildman–Crippen LogP) is 2.70. The first-order chi connectivity index (χ1) is 6.20. The summed E-state index contributed by atoms with van der Waals surface area (Å²) in [6, 6.07) is 3.82. The lowest BCUT2D eigenvalue weighted by Gasteiger charge is -2.00. The highest BCUT2D eigenvalue weighted by Crippen LogP contribution is 2.33. The van der Waals surface area contributed by atoms with Crippen LogP contribution in [0.25, 0.3) is 0 Å². The molecule has 2 rings (SSSR count). The molecule has 0 radical (unpaired) electrons. The topological polar surface area (TPSA) is 20.2 Å². The molecular weight excluding hydrogens is 207 g/mol. The van der Waals surface area contributed by atoms with Gasteiger partial charge in [-0.25, -0.2) is 0 Å². The van der Waals surface area contributed by atoms with Crippen molar-refractivity contribution in [2.24, 2.45) is 5.92 Å². The zero-order valence-electron chi connectivity index (χ0n) is 7.06. The molecule has 1 N–H and O–H groups in total. The molecule has 0 aromatic heterocycles. The lowest BCUT2D eigenvalue weighted by atomic mass is 10.1. The van der Waals surface area contributed by atoms with Gasteiger partial charge in [-0.2, -0.15) is 0 Å². The number of fused-ring (bicyclic) bond motifs is 1. The summed E-state index contributed by atoms with van der Waals surface area (Å²) in [5.41, 5.74) is 2.46. The minimum absolute atomic E-state index is 0.240. The van der Waals surface area contributed by atoms with E-state index in [9.17, 15) is 0 Å². The van der Waals surface area contributed by atoms with E-state index in [2.05, 4.69) is 0 Å². The summed E-state index contributed by atoms with van der Waals surface area (Å²) in [7, 11) is 0. The van der Waals surface area contributed by atoms with Crippen LogP contribution >= 0.6 is 23.2 Å². The van der Waals surface area contributed by atoms with Crippen molar-refractivity contribution in [3.8, 4) is 0 Å². The number of rotatable bonds is 1. The van der Waals surface area contributed by atoms with Crippen LogP contribution in [0.5, 0.6) is 0 Å². The minimum atomic E-state index is 0.240. The van der Waals surface area contributed by atoms with Crippen molar-refractivity contribution in [1.29, 1.82) is 0 Å². The minimum Gasteiger partial charge on any atom is -0.396 e. The van der Waals surface area contributed by atoms with E-state index >= 15 is 0 Å². The van der Waals surface area contributed by atoms with E-state index in [1.165, 1.54) is 11.1 Å². The Kier molecular flexibility index (Phi) is 2.50. The van der Waals surface area contributed by atoms with Crippen molar-refractivity contribution in [2.75, 3.05) is 6.61 Å². The summed E-state index contributed by atoms with van der Waals surface area (Å²) in [6.45, 7) is 0.240. The number of aliphatic hydroxyl groups is 1. The highest BCUT2D eigenvalue weighted by molar-refractivity contribution is 6.42. The molecule has 0 bridgehead atoms. The van der Waals surface area contributed by atoms with Crippen LogP contribution in [-0.2, 0) is 12.8 Å². The van der Waals surface area contributed by atoms with Gasteiger partial charge in [0.05, 0.1) is 10.0 Å². The van der Waals surface area contributed by atoms with Crippen LogP contribution in [0.3, 0.4) is 0 Å². The summed E-state index contributed by atoms with van der Waals surface area (Å²) in [6.07, 6.45) is 1.84. The van der Waals surface area contributed by atoms with Crippen molar-refractivity contribution < 1.29 is 5.11 Å². The average Bonchev–Trinajstić information content (AvgIpc) is 2.48. The van der Waals surface area contributed by atoms with Gasteiger partial charge in [-0.15, -0.1) is 0 Å². The summed E-state index contributed by atoms with van der Waals surface area (Å²) >= 11 is 11.8. The molecule has 1 aliphatic carbocycles. The molecule has 0 saturated heterocycles. The monoisotopic (exact) mass is 216 g/mol. The van der Waals surface area contributed by atoms with E-state index in [0.717, 1.165) is 12.8 Å². The maximum atomic E-state index is 9.01. The van der Waals surface area contributed by atoms with Gasteiger partial charge >= 0.3 is 0 Å². The number of hydrogen-bond donors (Lipinski definition) is 1. The van der Waals surface area contributed by atoms with Crippen molar-refractivity contribution in [3.63, 3.8) is 0 Å². The second kappa shape index (κ2) is 3.49. The highest BCUT2D eigenvalue weighted by Gasteiger charge is 2.21. The van der Waals surface area contributed by atoms with Crippen molar-refractivity contribution in [1.82, 2.24) is 0 Å². The normalized spacial score (nSPS) is 16.2. The Morgan fingerprint density at radius 2 is 1.62 bits per heavy atom. The molecule has 0 aliphatic heterocycles. The van der Waals surface area contributed by atoms with Crippen LogP contribution in [0.1, 0.15) is 11.1 Å². The summed E-state index contributed by atoms with van der Waals surface area (Å²) in [5, 5.41) is 10.2. The first kappa shape index (κ1) is 9.32. The Balaban J connectivity index is 2.36. The number of benzene rings is 1. The van der Waals surface area contributed by atoms with Crippen LogP contribution in [0.2, 0.25) is 10.0 Å². The van der Waals surface area contributed by atoms with E-state index in [0.29, 0.717) is 16.0 Å². The van der Waals surface area contributed by atoms with Gasteiger partial charge in [-0.3, -0.25) is 0 Å². The van der Waals surface area contributed by atoms with Crippen LogP contribution in [-0.4, -0.2) is 11.7 Å². The van der Waals surface area contributed by atoms with Gasteiger partial charge in [0.15, 0.2) is 0 Å². The van der Waals surface area contributed by atoms with Gasteiger partial charge in [-0.05, 0) is 42.0 Å². The van der Waals surface area contributed by atoms with Crippen LogP contribution in [0.15, 0.2) is 12.1 Å². The van der Waals surface area contributed by atoms with E-state index in [4.69, 9.17) is 28.3 Å². The third-order valence-corrected chi connectivity index (χ3v) is 3.24. The maximum Gasteiger partial charge on any atom is 0.0595 e. The van der Waals surface area contributed by atoms with E-state index in [-0.39, 0.29) is 6.61 Å². The Labute approximate surface area is 87.3 Å². The standard InChI is InChI=1S/C10H10Cl2O/c11-9-3-7-1-6(5-13)2-8(7)4-10(9)12/h3-4,6,13H,1-2,5H2. The number of halogens is 2. The van der Waals surface area contributed by atoms with Gasteiger partial charge in [0.2, 0.25) is 0 Å². The largest absolute Gasteiger partial charge is 0.396 e. The number of aliphatic hydroxyl groups excluding tert-OH is 1. The first-order valence-electron chi connectivity index (χ1n) is 4.28. The fourth-order valence-corrected chi connectivity index (χ4v) is 2.21. The SMILES string of the molecule is OCC1Cc2cc(Cl)c(Cl)cc2C1. The molecule has 0 saturated carbocycles. The molecule has 0 unspecified atom stereocenters. The van der Waals surface area contributed by atoms with Crippen LogP contribution in [0.4, 0.5) is 0 Å². The van der Waals surface area contributed by atoms with Crippen LogP contribution < -0.4 is 0 Å². The molecular formula is C10H10Cl2O. The molecule has 1 nitrogen and oxygen atoms in total. The third kappa shape index (κ3) is 1.69. The van der Waals surface area contributed by atoms with Gasteiger partial charge < -0.3 is 5.11 Å². The summed E-state index contributed by atoms with van der Waals surface area (Å²) in [4.78, 5) is 0. The van der Waals surface area contributed by atoms with Gasteiger partial charge in [0.25, 0.3) is 0 Å². The third-order valence-electron chi connectivity index (χ3n) is 2.52. The van der Waals surface area contributed by atoms with Gasteiger partial charge in [-0.1, -0.05) is 23.2 Å². The summed E-state index contributed by atoms with van der Waals surface area (Å²) < 4.78 is 0. The molecule has 0 heterocycles. The molecule has 1 aromatic carbocycles. The lowest BCUT2D eigenvalue weighted by molar-refractivity contribution is 0.232. The summed E-state index contributed by atoms with van der Waals surface area (Å²) in [5.74, 6) is 0.351. The quantitative estimate of drug-likeness (QED) is 0.766. The fourth-order valence-electron chi connectivity index (χ4n) is 1.83. The number of hydrogen-bond acceptors (Lipinski definition) is 1. The van der Waals surface area contributed by atoms with E-state index < -0.39 is 0 Å². The smallest absolute Gasteiger partial charge is 0.0595 e. The molecule has 3 heteroatoms. The molecule has 0 fully saturated rings. The Morgan fingerprint density at radius 1 is 1.15 bits per heavy atom. The first-order valence-corrected chi connectivity index (χ1v) is 5.04. The van der Waals surface area contributed by atoms with Gasteiger partial charge in [0, 0.05) is 6.61 Å². The Bertz CT molecular complexity index is 305. The maximum absolute atomic E-state index is 9.01. The molecule has 1 aromatic rings. The Hall–Kier alpha value is -0.240. The predicted molar refractivity (Wildman–Crippen MR) is 54.4 cm³/mol. The molecule has 70 valence electrons. The van der Waals surface area contributed by atoms with Crippen LogP contribution in [0, 0.1) is 5.92 Å². The van der Waals surface area contributed by atoms with Gasteiger partial charge in [0.1, 0.15) is 0 Å². The van der Waals surface area contributed by atoms with Crippen molar-refractivity contribution >= 4 is 23.2 Å². The molecule has 13 heavy (non-hydrogen) atoms. The highest BCUT2D eigenvalue weighted by atomic mass is 35.5. The molecule has 0 amide bonds. The van der Waals surface area contributed by atoms with E-state index in [1.54, 1.807) is 0 Å². The lowest BCUT2D eigenvalue weighted by Crippen LogP contribution is -2.04. The Morgan fingerprint density at radius 3 is 2.00 bits per heavy atom.